The van der Waals surface area contributed by atoms with E-state index in [2.05, 4.69) is 5.32 Å². The van der Waals surface area contributed by atoms with E-state index in [9.17, 15) is 4.79 Å². The first-order valence-electron chi connectivity index (χ1n) is 7.32. The van der Waals surface area contributed by atoms with Crippen molar-refractivity contribution in [2.45, 2.75) is 40.7 Å². The topological polar surface area (TPSA) is 47.6 Å². The largest absolute Gasteiger partial charge is 0.490 e. The molecule has 0 heterocycles. The van der Waals surface area contributed by atoms with Gasteiger partial charge in [0.05, 0.1) is 19.3 Å². The number of benzene rings is 1. The van der Waals surface area contributed by atoms with Crippen molar-refractivity contribution in [3.05, 3.63) is 35.4 Å². The van der Waals surface area contributed by atoms with Crippen LogP contribution in [0.25, 0.3) is 0 Å². The lowest BCUT2D eigenvalue weighted by Gasteiger charge is -2.17. The molecule has 1 aromatic carbocycles. The van der Waals surface area contributed by atoms with Crippen molar-refractivity contribution in [1.29, 1.82) is 0 Å². The van der Waals surface area contributed by atoms with Crippen molar-refractivity contribution in [2.24, 2.45) is 0 Å². The van der Waals surface area contributed by atoms with Crippen molar-refractivity contribution in [1.82, 2.24) is 5.32 Å². The van der Waals surface area contributed by atoms with Gasteiger partial charge in [0.2, 0.25) is 5.91 Å². The summed E-state index contributed by atoms with van der Waals surface area (Å²) in [5, 5.41) is 2.94. The van der Waals surface area contributed by atoms with E-state index in [1.165, 1.54) is 0 Å². The number of carbonyl (C=O) groups is 1. The van der Waals surface area contributed by atoms with Crippen molar-refractivity contribution in [3.8, 4) is 11.5 Å². The highest BCUT2D eigenvalue weighted by atomic mass is 16.5. The minimum absolute atomic E-state index is 0.0886. The van der Waals surface area contributed by atoms with Gasteiger partial charge in [0.1, 0.15) is 0 Å². The summed E-state index contributed by atoms with van der Waals surface area (Å²) in [6.07, 6.45) is 1.59. The lowest BCUT2D eigenvalue weighted by molar-refractivity contribution is -0.117. The van der Waals surface area contributed by atoms with Gasteiger partial charge < -0.3 is 14.8 Å². The molecule has 0 aliphatic carbocycles. The molecule has 21 heavy (non-hydrogen) atoms. The summed E-state index contributed by atoms with van der Waals surface area (Å²) in [4.78, 5) is 11.8. The van der Waals surface area contributed by atoms with Gasteiger partial charge in [0.15, 0.2) is 11.5 Å². The van der Waals surface area contributed by atoms with Gasteiger partial charge in [-0.05, 0) is 52.3 Å². The van der Waals surface area contributed by atoms with Gasteiger partial charge in [-0.3, -0.25) is 4.79 Å². The Labute approximate surface area is 127 Å². The van der Waals surface area contributed by atoms with E-state index in [0.29, 0.717) is 19.0 Å². The molecule has 1 unspecified atom stereocenters. The molecule has 0 fully saturated rings. The van der Waals surface area contributed by atoms with E-state index in [1.54, 1.807) is 6.08 Å². The standard InChI is InChI=1S/C17H25NO3/c1-6-20-15-9-8-14(11-16(15)21-7-2)13(5)18-17(19)10-12(3)4/h8-11,13H,6-7H2,1-5H3,(H,18,19). The smallest absolute Gasteiger partial charge is 0.244 e. The summed E-state index contributed by atoms with van der Waals surface area (Å²) in [7, 11) is 0. The van der Waals surface area contributed by atoms with Gasteiger partial charge in [-0.25, -0.2) is 0 Å². The summed E-state index contributed by atoms with van der Waals surface area (Å²) in [5.74, 6) is 1.35. The molecule has 4 nitrogen and oxygen atoms in total. The first-order chi connectivity index (χ1) is 9.97. The van der Waals surface area contributed by atoms with Crippen LogP contribution in [0.15, 0.2) is 29.8 Å². The number of allylic oxidation sites excluding steroid dienone is 1. The molecule has 0 aliphatic heterocycles. The Kier molecular flexibility index (Phi) is 6.79. The maximum atomic E-state index is 11.8. The van der Waals surface area contributed by atoms with Crippen LogP contribution in [0.3, 0.4) is 0 Å². The molecule has 0 aromatic heterocycles. The zero-order chi connectivity index (χ0) is 15.8. The van der Waals surface area contributed by atoms with Gasteiger partial charge in [0.25, 0.3) is 0 Å². The average Bonchev–Trinajstić information content (AvgIpc) is 2.40. The zero-order valence-electron chi connectivity index (χ0n) is 13.5. The molecule has 0 spiro atoms. The fourth-order valence-corrected chi connectivity index (χ4v) is 1.94. The Morgan fingerprint density at radius 1 is 1.19 bits per heavy atom. The Balaban J connectivity index is 2.89. The van der Waals surface area contributed by atoms with Gasteiger partial charge >= 0.3 is 0 Å². The molecule has 1 rings (SSSR count). The molecular weight excluding hydrogens is 266 g/mol. The van der Waals surface area contributed by atoms with Crippen LogP contribution < -0.4 is 14.8 Å². The number of amides is 1. The molecule has 0 aliphatic rings. The first-order valence-corrected chi connectivity index (χ1v) is 7.32. The molecular formula is C17H25NO3. The highest BCUT2D eigenvalue weighted by Gasteiger charge is 2.12. The summed E-state index contributed by atoms with van der Waals surface area (Å²) >= 11 is 0. The number of nitrogens with one attached hydrogen (secondary N) is 1. The Morgan fingerprint density at radius 2 is 1.81 bits per heavy atom. The minimum atomic E-state index is -0.0945. The maximum absolute atomic E-state index is 11.8. The second-order valence-electron chi connectivity index (χ2n) is 5.02. The zero-order valence-corrected chi connectivity index (χ0v) is 13.5. The van der Waals surface area contributed by atoms with Gasteiger partial charge in [0, 0.05) is 6.08 Å². The monoisotopic (exact) mass is 291 g/mol. The van der Waals surface area contributed by atoms with E-state index >= 15 is 0 Å². The molecule has 1 aromatic rings. The van der Waals surface area contributed by atoms with E-state index in [-0.39, 0.29) is 11.9 Å². The summed E-state index contributed by atoms with van der Waals surface area (Å²) < 4.78 is 11.1. The highest BCUT2D eigenvalue weighted by Crippen LogP contribution is 2.30. The third-order valence-corrected chi connectivity index (χ3v) is 2.85. The van der Waals surface area contributed by atoms with E-state index < -0.39 is 0 Å². The third-order valence-electron chi connectivity index (χ3n) is 2.85. The summed E-state index contributed by atoms with van der Waals surface area (Å²) in [6.45, 7) is 10.8. The van der Waals surface area contributed by atoms with Crippen LogP contribution in [-0.4, -0.2) is 19.1 Å². The minimum Gasteiger partial charge on any atom is -0.490 e. The van der Waals surface area contributed by atoms with Crippen LogP contribution in [0.2, 0.25) is 0 Å². The lowest BCUT2D eigenvalue weighted by Crippen LogP contribution is -2.25. The second kappa shape index (κ2) is 8.35. The Morgan fingerprint density at radius 3 is 2.38 bits per heavy atom. The van der Waals surface area contributed by atoms with Gasteiger partial charge in [-0.2, -0.15) is 0 Å². The predicted octanol–water partition coefficient (Wildman–Crippen LogP) is 3.63. The Bertz CT molecular complexity index is 505. The molecule has 1 N–H and O–H groups in total. The molecule has 0 saturated heterocycles. The fraction of sp³-hybridized carbons (Fsp3) is 0.471. The molecule has 1 atom stereocenters. The number of rotatable bonds is 7. The van der Waals surface area contributed by atoms with E-state index in [4.69, 9.17) is 9.47 Å². The van der Waals surface area contributed by atoms with Gasteiger partial charge in [-0.1, -0.05) is 11.6 Å². The SMILES string of the molecule is CCOc1ccc(C(C)NC(=O)C=C(C)C)cc1OCC. The van der Waals surface area contributed by atoms with E-state index in [0.717, 1.165) is 16.9 Å². The van der Waals surface area contributed by atoms with Crippen molar-refractivity contribution < 1.29 is 14.3 Å². The van der Waals surface area contributed by atoms with Crippen LogP contribution >= 0.6 is 0 Å². The molecule has 1 amide bonds. The molecule has 0 bridgehead atoms. The number of ether oxygens (including phenoxy) is 2. The lowest BCUT2D eigenvalue weighted by atomic mass is 10.1. The molecule has 0 saturated carbocycles. The Hall–Kier alpha value is -1.97. The molecule has 4 heteroatoms. The number of hydrogen-bond donors (Lipinski definition) is 1. The van der Waals surface area contributed by atoms with Crippen LogP contribution in [0.4, 0.5) is 0 Å². The average molecular weight is 291 g/mol. The van der Waals surface area contributed by atoms with E-state index in [1.807, 2.05) is 52.8 Å². The third kappa shape index (κ3) is 5.50. The normalized spacial score (nSPS) is 11.5. The van der Waals surface area contributed by atoms with Crippen LogP contribution in [-0.2, 0) is 4.79 Å². The maximum Gasteiger partial charge on any atom is 0.244 e. The molecule has 116 valence electrons. The molecule has 0 radical (unpaired) electrons. The van der Waals surface area contributed by atoms with Gasteiger partial charge in [-0.15, -0.1) is 0 Å². The summed E-state index contributed by atoms with van der Waals surface area (Å²) in [6, 6.07) is 5.65. The van der Waals surface area contributed by atoms with Crippen LogP contribution in [0, 0.1) is 0 Å². The fourth-order valence-electron chi connectivity index (χ4n) is 1.94. The van der Waals surface area contributed by atoms with Crippen molar-refractivity contribution >= 4 is 5.91 Å². The summed E-state index contributed by atoms with van der Waals surface area (Å²) in [5.41, 5.74) is 1.96. The van der Waals surface area contributed by atoms with Crippen molar-refractivity contribution in [2.75, 3.05) is 13.2 Å². The number of hydrogen-bond acceptors (Lipinski definition) is 3. The predicted molar refractivity (Wildman–Crippen MR) is 84.8 cm³/mol. The van der Waals surface area contributed by atoms with Crippen LogP contribution in [0.1, 0.15) is 46.2 Å². The number of carbonyl (C=O) groups excluding carboxylic acids is 1. The second-order valence-corrected chi connectivity index (χ2v) is 5.02. The van der Waals surface area contributed by atoms with Crippen molar-refractivity contribution in [3.63, 3.8) is 0 Å². The van der Waals surface area contributed by atoms with Crippen LogP contribution in [0.5, 0.6) is 11.5 Å². The highest BCUT2D eigenvalue weighted by molar-refractivity contribution is 5.88. The quantitative estimate of drug-likeness (QED) is 0.780. The first kappa shape index (κ1) is 17.1.